The Hall–Kier alpha value is -3.00. The maximum Gasteiger partial charge on any atom is 0.319 e. The zero-order valence-corrected chi connectivity index (χ0v) is 19.5. The van der Waals surface area contributed by atoms with Crippen LogP contribution in [0.2, 0.25) is 0 Å². The fraction of sp³-hybridized carbons (Fsp3) is 0.478. The molecule has 0 N–H and O–H groups in total. The number of methoxy groups -OCH3 is 2. The molecule has 0 aliphatic carbocycles. The molecule has 0 saturated carbocycles. The van der Waals surface area contributed by atoms with Crippen LogP contribution in [0.4, 0.5) is 4.79 Å². The van der Waals surface area contributed by atoms with Crippen molar-refractivity contribution in [1.82, 2.24) is 19.3 Å². The van der Waals surface area contributed by atoms with Gasteiger partial charge in [-0.2, -0.15) is 0 Å². The van der Waals surface area contributed by atoms with Crippen LogP contribution in [0.15, 0.2) is 23.1 Å². The van der Waals surface area contributed by atoms with Crippen LogP contribution in [0.25, 0.3) is 11.1 Å². The minimum Gasteiger partial charge on any atom is -0.496 e. The molecule has 0 bridgehead atoms. The quantitative estimate of drug-likeness (QED) is 0.730. The summed E-state index contributed by atoms with van der Waals surface area (Å²) in [6, 6.07) is 3.90. The molecular weight excluding hydrogens is 396 g/mol. The highest BCUT2D eigenvalue weighted by molar-refractivity contribution is 5.77. The number of hydrogen-bond donors (Lipinski definition) is 0. The molecule has 3 rings (SSSR count). The number of urea groups is 1. The fourth-order valence-electron chi connectivity index (χ4n) is 4.10. The lowest BCUT2D eigenvalue weighted by Gasteiger charge is -2.32. The van der Waals surface area contributed by atoms with Crippen LogP contribution in [0.1, 0.15) is 16.7 Å². The van der Waals surface area contributed by atoms with Crippen LogP contribution in [0, 0.1) is 0 Å². The van der Waals surface area contributed by atoms with Gasteiger partial charge in [-0.3, -0.25) is 4.79 Å². The van der Waals surface area contributed by atoms with E-state index in [1.807, 2.05) is 32.4 Å². The molecule has 168 valence electrons. The standard InChI is InChI=1S/C23H32N4O4/c1-24(2)12-19-20(30-6)10-15(11-21(19)31-7)17-13-26(5)22(28)16-8-9-27(14-18(16)17)23(29)25(3)4/h10-11,13H,8-9,12,14H2,1-7H3. The first-order valence-electron chi connectivity index (χ1n) is 10.3. The summed E-state index contributed by atoms with van der Waals surface area (Å²) in [7, 11) is 12.5. The first-order chi connectivity index (χ1) is 14.7. The van der Waals surface area contributed by atoms with Gasteiger partial charge in [0.1, 0.15) is 11.5 Å². The molecule has 0 unspecified atom stereocenters. The third kappa shape index (κ3) is 4.39. The topological polar surface area (TPSA) is 67.2 Å². The fourth-order valence-corrected chi connectivity index (χ4v) is 4.10. The second-order valence-corrected chi connectivity index (χ2v) is 8.36. The molecule has 0 fully saturated rings. The molecule has 2 aromatic rings. The van der Waals surface area contributed by atoms with E-state index in [9.17, 15) is 9.59 Å². The molecule has 31 heavy (non-hydrogen) atoms. The van der Waals surface area contributed by atoms with Gasteiger partial charge < -0.3 is 28.7 Å². The molecule has 1 aliphatic heterocycles. The van der Waals surface area contributed by atoms with Crippen molar-refractivity contribution in [2.24, 2.45) is 7.05 Å². The maximum atomic E-state index is 12.8. The molecule has 0 radical (unpaired) electrons. The summed E-state index contributed by atoms with van der Waals surface area (Å²) in [6.45, 7) is 1.59. The Kier molecular flexibility index (Phi) is 6.59. The number of hydrogen-bond acceptors (Lipinski definition) is 5. The van der Waals surface area contributed by atoms with E-state index in [2.05, 4.69) is 4.90 Å². The number of ether oxygens (including phenoxy) is 2. The van der Waals surface area contributed by atoms with E-state index in [0.717, 1.165) is 39.3 Å². The van der Waals surface area contributed by atoms with Crippen molar-refractivity contribution < 1.29 is 14.3 Å². The van der Waals surface area contributed by atoms with Crippen LogP contribution < -0.4 is 15.0 Å². The summed E-state index contributed by atoms with van der Waals surface area (Å²) in [6.07, 6.45) is 2.37. The maximum absolute atomic E-state index is 12.8. The number of benzene rings is 1. The second kappa shape index (κ2) is 9.01. The van der Waals surface area contributed by atoms with E-state index in [-0.39, 0.29) is 11.6 Å². The van der Waals surface area contributed by atoms with E-state index in [4.69, 9.17) is 9.47 Å². The van der Waals surface area contributed by atoms with E-state index >= 15 is 0 Å². The number of aryl methyl sites for hydroxylation is 1. The Morgan fingerprint density at radius 2 is 1.68 bits per heavy atom. The van der Waals surface area contributed by atoms with Gasteiger partial charge in [-0.05, 0) is 43.8 Å². The zero-order valence-electron chi connectivity index (χ0n) is 19.5. The predicted molar refractivity (Wildman–Crippen MR) is 121 cm³/mol. The highest BCUT2D eigenvalue weighted by atomic mass is 16.5. The smallest absolute Gasteiger partial charge is 0.319 e. The summed E-state index contributed by atoms with van der Waals surface area (Å²) in [5.74, 6) is 1.45. The van der Waals surface area contributed by atoms with Crippen molar-refractivity contribution in [3.05, 3.63) is 45.4 Å². The lowest BCUT2D eigenvalue weighted by molar-refractivity contribution is 0.165. The third-order valence-corrected chi connectivity index (χ3v) is 5.62. The van der Waals surface area contributed by atoms with Crippen molar-refractivity contribution in [3.8, 4) is 22.6 Å². The van der Waals surface area contributed by atoms with Gasteiger partial charge in [-0.25, -0.2) is 4.79 Å². The van der Waals surface area contributed by atoms with E-state index < -0.39 is 0 Å². The van der Waals surface area contributed by atoms with Gasteiger partial charge in [0.2, 0.25) is 0 Å². The van der Waals surface area contributed by atoms with Crippen LogP contribution >= 0.6 is 0 Å². The number of aromatic nitrogens is 1. The molecular formula is C23H32N4O4. The molecule has 0 saturated heterocycles. The summed E-state index contributed by atoms with van der Waals surface area (Å²) in [5.41, 5.74) is 4.39. The SMILES string of the molecule is COc1cc(-c2cn(C)c(=O)c3c2CN(C(=O)N(C)C)CC3)cc(OC)c1CN(C)C. The van der Waals surface area contributed by atoms with Crippen molar-refractivity contribution in [2.45, 2.75) is 19.5 Å². The molecule has 8 heteroatoms. The van der Waals surface area contributed by atoms with Gasteiger partial charge in [0.25, 0.3) is 5.56 Å². The number of nitrogens with zero attached hydrogens (tertiary/aromatic N) is 4. The average molecular weight is 429 g/mol. The molecule has 2 heterocycles. The number of rotatable bonds is 5. The van der Waals surface area contributed by atoms with Crippen molar-refractivity contribution in [2.75, 3.05) is 49.0 Å². The zero-order chi connectivity index (χ0) is 22.9. The predicted octanol–water partition coefficient (Wildman–Crippen LogP) is 2.17. The Labute approximate surface area is 183 Å². The minimum absolute atomic E-state index is 0.0149. The summed E-state index contributed by atoms with van der Waals surface area (Å²) < 4.78 is 13.0. The highest BCUT2D eigenvalue weighted by Gasteiger charge is 2.27. The number of carbonyl (C=O) groups excluding carboxylic acids is 1. The first kappa shape index (κ1) is 22.7. The van der Waals surface area contributed by atoms with Crippen LogP contribution in [-0.2, 0) is 26.6 Å². The Morgan fingerprint density at radius 3 is 2.19 bits per heavy atom. The minimum atomic E-state index is -0.0613. The summed E-state index contributed by atoms with van der Waals surface area (Å²) >= 11 is 0. The van der Waals surface area contributed by atoms with Crippen LogP contribution in [-0.4, -0.2) is 74.3 Å². The van der Waals surface area contributed by atoms with Gasteiger partial charge in [-0.15, -0.1) is 0 Å². The van der Waals surface area contributed by atoms with Gasteiger partial charge in [0.15, 0.2) is 0 Å². The summed E-state index contributed by atoms with van der Waals surface area (Å²) in [5, 5.41) is 0. The average Bonchev–Trinajstić information content (AvgIpc) is 2.74. The Balaban J connectivity index is 2.19. The molecule has 8 nitrogen and oxygen atoms in total. The molecule has 1 aromatic heterocycles. The van der Waals surface area contributed by atoms with Gasteiger partial charge in [0, 0.05) is 58.1 Å². The number of fused-ring (bicyclic) bond motifs is 1. The lowest BCUT2D eigenvalue weighted by Crippen LogP contribution is -2.44. The Bertz CT molecular complexity index is 1020. The molecule has 1 aliphatic rings. The van der Waals surface area contributed by atoms with E-state index in [1.54, 1.807) is 49.7 Å². The van der Waals surface area contributed by atoms with Gasteiger partial charge >= 0.3 is 6.03 Å². The van der Waals surface area contributed by atoms with Gasteiger partial charge in [0.05, 0.1) is 19.8 Å². The summed E-state index contributed by atoms with van der Waals surface area (Å²) in [4.78, 5) is 30.8. The normalized spacial score (nSPS) is 13.2. The monoisotopic (exact) mass is 428 g/mol. The van der Waals surface area contributed by atoms with Crippen LogP contribution in [0.3, 0.4) is 0 Å². The van der Waals surface area contributed by atoms with Crippen molar-refractivity contribution >= 4 is 6.03 Å². The van der Waals surface area contributed by atoms with Crippen molar-refractivity contribution in [3.63, 3.8) is 0 Å². The number of amides is 2. The van der Waals surface area contributed by atoms with E-state index in [1.165, 1.54) is 0 Å². The highest BCUT2D eigenvalue weighted by Crippen LogP contribution is 2.38. The largest absolute Gasteiger partial charge is 0.496 e. The molecule has 1 aromatic carbocycles. The lowest BCUT2D eigenvalue weighted by atomic mass is 9.92. The van der Waals surface area contributed by atoms with Crippen LogP contribution in [0.5, 0.6) is 11.5 Å². The van der Waals surface area contributed by atoms with Crippen molar-refractivity contribution in [1.29, 1.82) is 0 Å². The van der Waals surface area contributed by atoms with Gasteiger partial charge in [-0.1, -0.05) is 0 Å². The Morgan fingerprint density at radius 1 is 1.06 bits per heavy atom. The molecule has 0 atom stereocenters. The number of carbonyl (C=O) groups is 1. The number of pyridine rings is 1. The second-order valence-electron chi connectivity index (χ2n) is 8.36. The third-order valence-electron chi connectivity index (χ3n) is 5.62. The van der Waals surface area contributed by atoms with E-state index in [0.29, 0.717) is 26.1 Å². The first-order valence-corrected chi connectivity index (χ1v) is 10.3. The molecule has 2 amide bonds. The molecule has 0 spiro atoms.